The maximum atomic E-state index is 9.02. The van der Waals surface area contributed by atoms with Crippen molar-refractivity contribution in [3.8, 4) is 5.69 Å². The molecule has 230 valence electrons. The molecule has 0 atom stereocenters. The summed E-state index contributed by atoms with van der Waals surface area (Å²) >= 11 is 0. The van der Waals surface area contributed by atoms with Crippen molar-refractivity contribution in [3.63, 3.8) is 0 Å². The lowest BCUT2D eigenvalue weighted by atomic mass is 10.0. The van der Waals surface area contributed by atoms with E-state index in [-0.39, 0.29) is 0 Å². The summed E-state index contributed by atoms with van der Waals surface area (Å²) in [5.41, 5.74) is 9.94. The fourth-order valence-electron chi connectivity index (χ4n) is 7.43. The van der Waals surface area contributed by atoms with Crippen LogP contribution in [0.1, 0.15) is 11.1 Å². The summed E-state index contributed by atoms with van der Waals surface area (Å²) in [7, 11) is 0. The van der Waals surface area contributed by atoms with Crippen LogP contribution in [0.15, 0.2) is 167 Å². The monoisotopic (exact) mass is 628 g/mol. The highest BCUT2D eigenvalue weighted by Gasteiger charge is 2.21. The Morgan fingerprint density at radius 2 is 1.27 bits per heavy atom. The second-order valence-corrected chi connectivity index (χ2v) is 12.4. The molecule has 0 saturated heterocycles. The third-order valence-electron chi connectivity index (χ3n) is 9.67. The minimum Gasteiger partial charge on any atom is -0.455 e. The van der Waals surface area contributed by atoms with Crippen molar-refractivity contribution >= 4 is 83.3 Å². The zero-order valence-corrected chi connectivity index (χ0v) is 26.3. The van der Waals surface area contributed by atoms with Gasteiger partial charge in [0.15, 0.2) is 0 Å². The van der Waals surface area contributed by atoms with Crippen LogP contribution in [0.25, 0.3) is 71.2 Å². The number of hydrogen-bond donors (Lipinski definition) is 1. The molecule has 0 aliphatic heterocycles. The Balaban J connectivity index is 1.29. The average molecular weight is 629 g/mol. The lowest BCUT2D eigenvalue weighted by Gasteiger charge is -2.09. The molecule has 0 aliphatic rings. The normalized spacial score (nSPS) is 12.1. The zero-order valence-electron chi connectivity index (χ0n) is 26.3. The number of nitrogens with zero attached hydrogens (tertiary/aromatic N) is 3. The Morgan fingerprint density at radius 3 is 2.12 bits per heavy atom. The van der Waals surface area contributed by atoms with Crippen LogP contribution < -0.4 is 0 Å². The third-order valence-corrected chi connectivity index (χ3v) is 9.67. The van der Waals surface area contributed by atoms with E-state index in [4.69, 9.17) is 14.8 Å². The first-order valence-electron chi connectivity index (χ1n) is 16.4. The lowest BCUT2D eigenvalue weighted by Crippen LogP contribution is -2.02. The molecule has 3 heterocycles. The van der Waals surface area contributed by atoms with Gasteiger partial charge in [0.05, 0.1) is 38.9 Å². The summed E-state index contributed by atoms with van der Waals surface area (Å²) in [4.78, 5) is 5.08. The number of rotatable bonds is 5. The molecular weight excluding hydrogens is 601 g/mol. The van der Waals surface area contributed by atoms with E-state index in [0.29, 0.717) is 5.71 Å². The molecule has 0 aliphatic carbocycles. The topological polar surface area (TPSA) is 59.2 Å². The summed E-state index contributed by atoms with van der Waals surface area (Å²) in [6, 6.07) is 54.0. The number of aliphatic imine (C=N–C) groups is 1. The molecule has 0 radical (unpaired) electrons. The third kappa shape index (κ3) is 4.12. The molecule has 3 aromatic heterocycles. The molecule has 0 unspecified atom stereocenters. The lowest BCUT2D eigenvalue weighted by molar-refractivity contribution is 0.673. The average Bonchev–Trinajstić information content (AvgIpc) is 3.81. The van der Waals surface area contributed by atoms with E-state index < -0.39 is 0 Å². The minimum absolute atomic E-state index is 0.439. The van der Waals surface area contributed by atoms with Gasteiger partial charge in [0, 0.05) is 43.7 Å². The first-order valence-corrected chi connectivity index (χ1v) is 16.4. The van der Waals surface area contributed by atoms with Crippen molar-refractivity contribution in [2.45, 2.75) is 0 Å². The number of hydrogen-bond acceptors (Lipinski definition) is 3. The molecule has 5 heteroatoms. The Kier molecular flexibility index (Phi) is 5.96. The fourth-order valence-corrected chi connectivity index (χ4v) is 7.43. The molecule has 1 N–H and O–H groups in total. The molecule has 10 aromatic rings. The quantitative estimate of drug-likeness (QED) is 0.150. The van der Waals surface area contributed by atoms with Crippen molar-refractivity contribution in [1.82, 2.24) is 9.13 Å². The number of nitrogens with one attached hydrogen (secondary N) is 1. The molecule has 0 spiro atoms. The van der Waals surface area contributed by atoms with E-state index in [1.54, 1.807) is 0 Å². The molecule has 0 saturated carbocycles. The van der Waals surface area contributed by atoms with Gasteiger partial charge in [-0.1, -0.05) is 103 Å². The minimum atomic E-state index is 0.439. The highest BCUT2D eigenvalue weighted by molar-refractivity contribution is 6.27. The van der Waals surface area contributed by atoms with Crippen LogP contribution in [0.4, 0.5) is 5.69 Å². The molecule has 10 rings (SSSR count). The van der Waals surface area contributed by atoms with Crippen LogP contribution in [-0.2, 0) is 0 Å². The van der Waals surface area contributed by atoms with Crippen LogP contribution in [0.3, 0.4) is 0 Å². The van der Waals surface area contributed by atoms with Gasteiger partial charge in [-0.25, -0.2) is 4.99 Å². The van der Waals surface area contributed by atoms with Gasteiger partial charge in [-0.2, -0.15) is 0 Å². The Bertz CT molecular complexity index is 2940. The van der Waals surface area contributed by atoms with Gasteiger partial charge in [0.2, 0.25) is 0 Å². The van der Waals surface area contributed by atoms with Crippen LogP contribution >= 0.6 is 0 Å². The van der Waals surface area contributed by atoms with E-state index in [0.717, 1.165) is 77.3 Å². The predicted octanol–water partition coefficient (Wildman–Crippen LogP) is 11.4. The number of aromatic nitrogens is 2. The van der Waals surface area contributed by atoms with Gasteiger partial charge >= 0.3 is 0 Å². The highest BCUT2D eigenvalue weighted by atomic mass is 16.3. The zero-order chi connectivity index (χ0) is 32.5. The Labute approximate surface area is 281 Å². The van der Waals surface area contributed by atoms with E-state index in [2.05, 4.69) is 100 Å². The molecule has 5 nitrogen and oxygen atoms in total. The SMILES string of the molecule is N=C(c1ccccc1)c1ccccc1/N=C/n1c2cc3c(cc2c2c4oc5ccccc5c4ccc21)c1ccccc1n3-c1ccccc1. The van der Waals surface area contributed by atoms with Crippen LogP contribution in [0.2, 0.25) is 0 Å². The summed E-state index contributed by atoms with van der Waals surface area (Å²) in [5.74, 6) is 0. The number of fused-ring (bicyclic) bond motifs is 10. The van der Waals surface area contributed by atoms with Crippen molar-refractivity contribution in [2.24, 2.45) is 4.99 Å². The van der Waals surface area contributed by atoms with E-state index in [1.165, 1.54) is 10.8 Å². The van der Waals surface area contributed by atoms with Gasteiger partial charge in [0.25, 0.3) is 0 Å². The summed E-state index contributed by atoms with van der Waals surface area (Å²) < 4.78 is 11.1. The summed E-state index contributed by atoms with van der Waals surface area (Å²) in [6.07, 6.45) is 1.90. The number of benzene rings is 7. The standard InChI is InChI=1S/C44H28N4O/c45-43(28-13-3-1-4-14-28)33-19-7-10-20-36(33)46-27-47-38-24-23-32-31-18-9-12-22-41(31)49-44(32)42(38)35-25-34-30-17-8-11-21-37(30)48(40(34)26-39(35)47)29-15-5-2-6-16-29/h1-27,45H/b45-43?,46-27+. The maximum absolute atomic E-state index is 9.02. The number of para-hydroxylation sites is 4. The van der Waals surface area contributed by atoms with Crippen LogP contribution in [0.5, 0.6) is 0 Å². The van der Waals surface area contributed by atoms with Gasteiger partial charge in [0.1, 0.15) is 17.5 Å². The fraction of sp³-hybridized carbons (Fsp3) is 0. The van der Waals surface area contributed by atoms with Gasteiger partial charge < -0.3 is 8.98 Å². The van der Waals surface area contributed by atoms with Gasteiger partial charge in [-0.15, -0.1) is 0 Å². The van der Waals surface area contributed by atoms with E-state index in [1.807, 2.05) is 73.1 Å². The van der Waals surface area contributed by atoms with Crippen molar-refractivity contribution < 1.29 is 4.42 Å². The summed E-state index contributed by atoms with van der Waals surface area (Å²) in [5, 5.41) is 15.7. The maximum Gasteiger partial charge on any atom is 0.145 e. The molecule has 7 aromatic carbocycles. The van der Waals surface area contributed by atoms with E-state index in [9.17, 15) is 0 Å². The first-order chi connectivity index (χ1) is 24.2. The number of furan rings is 1. The Morgan fingerprint density at radius 1 is 0.551 bits per heavy atom. The van der Waals surface area contributed by atoms with E-state index >= 15 is 0 Å². The smallest absolute Gasteiger partial charge is 0.145 e. The first kappa shape index (κ1) is 27.4. The molecule has 49 heavy (non-hydrogen) atoms. The second-order valence-electron chi connectivity index (χ2n) is 12.4. The Hall–Kier alpha value is -6.72. The van der Waals surface area contributed by atoms with Crippen molar-refractivity contribution in [2.75, 3.05) is 0 Å². The van der Waals surface area contributed by atoms with Gasteiger partial charge in [-0.05, 0) is 54.6 Å². The second kappa shape index (κ2) is 10.7. The highest BCUT2D eigenvalue weighted by Crippen LogP contribution is 2.42. The van der Waals surface area contributed by atoms with Crippen LogP contribution in [0, 0.1) is 5.41 Å². The van der Waals surface area contributed by atoms with Crippen LogP contribution in [-0.4, -0.2) is 21.2 Å². The largest absolute Gasteiger partial charge is 0.455 e. The molecular formula is C44H28N4O. The predicted molar refractivity (Wildman–Crippen MR) is 203 cm³/mol. The van der Waals surface area contributed by atoms with Gasteiger partial charge in [-0.3, -0.25) is 9.98 Å². The summed E-state index contributed by atoms with van der Waals surface area (Å²) in [6.45, 7) is 0. The molecule has 0 amide bonds. The van der Waals surface area contributed by atoms with Crippen molar-refractivity contribution in [3.05, 3.63) is 169 Å². The van der Waals surface area contributed by atoms with Crippen molar-refractivity contribution in [1.29, 1.82) is 5.41 Å². The molecule has 0 fully saturated rings. The molecule has 0 bridgehead atoms.